The summed E-state index contributed by atoms with van der Waals surface area (Å²) >= 11 is 11.8. The number of aromatic nitrogens is 3. The third-order valence-corrected chi connectivity index (χ3v) is 3.11. The zero-order chi connectivity index (χ0) is 14.1. The van der Waals surface area contributed by atoms with Crippen LogP contribution in [0.15, 0.2) is 42.9 Å². The van der Waals surface area contributed by atoms with E-state index in [2.05, 4.69) is 15.5 Å². The zero-order valence-corrected chi connectivity index (χ0v) is 11.6. The fraction of sp³-hybridized carbons (Fsp3) is 0. The van der Waals surface area contributed by atoms with Crippen LogP contribution in [-0.2, 0) is 0 Å². The number of anilines is 1. The van der Waals surface area contributed by atoms with Gasteiger partial charge in [0, 0.05) is 21.8 Å². The first-order valence-electron chi connectivity index (χ1n) is 5.69. The summed E-state index contributed by atoms with van der Waals surface area (Å²) in [7, 11) is 0. The number of hydrogen-bond donors (Lipinski definition) is 1. The summed E-state index contributed by atoms with van der Waals surface area (Å²) in [6.07, 6.45) is 3.28. The molecule has 20 heavy (non-hydrogen) atoms. The minimum atomic E-state index is -0.290. The average molecular weight is 307 g/mol. The first-order chi connectivity index (χ1) is 9.61. The van der Waals surface area contributed by atoms with E-state index in [4.69, 9.17) is 23.2 Å². The van der Waals surface area contributed by atoms with Crippen molar-refractivity contribution >= 4 is 40.4 Å². The molecule has 7 heteroatoms. The van der Waals surface area contributed by atoms with Gasteiger partial charge in [0.25, 0.3) is 5.91 Å². The predicted molar refractivity (Wildman–Crippen MR) is 77.4 cm³/mol. The van der Waals surface area contributed by atoms with Crippen LogP contribution in [0.2, 0.25) is 10.0 Å². The number of benzene rings is 1. The minimum absolute atomic E-state index is 0.290. The van der Waals surface area contributed by atoms with Crippen molar-refractivity contribution < 1.29 is 4.79 Å². The molecule has 0 aliphatic rings. The van der Waals surface area contributed by atoms with E-state index in [1.165, 1.54) is 0 Å². The molecule has 1 amide bonds. The summed E-state index contributed by atoms with van der Waals surface area (Å²) in [4.78, 5) is 12.1. The summed E-state index contributed by atoms with van der Waals surface area (Å²) < 4.78 is 1.71. The molecule has 0 fully saturated rings. The van der Waals surface area contributed by atoms with Crippen LogP contribution in [0.4, 0.5) is 5.69 Å². The second kappa shape index (κ2) is 5.11. The Bertz CT molecular complexity index is 780. The van der Waals surface area contributed by atoms with E-state index in [1.807, 2.05) is 0 Å². The lowest BCUT2D eigenvalue weighted by atomic mass is 10.2. The van der Waals surface area contributed by atoms with Crippen molar-refractivity contribution in [3.63, 3.8) is 0 Å². The summed E-state index contributed by atoms with van der Waals surface area (Å²) in [6.45, 7) is 0. The van der Waals surface area contributed by atoms with E-state index in [0.29, 0.717) is 26.9 Å². The number of amides is 1. The van der Waals surface area contributed by atoms with Gasteiger partial charge in [-0.15, -0.1) is 10.2 Å². The number of fused-ring (bicyclic) bond motifs is 1. The fourth-order valence-electron chi connectivity index (χ4n) is 1.79. The lowest BCUT2D eigenvalue weighted by Crippen LogP contribution is -2.12. The van der Waals surface area contributed by atoms with Crippen molar-refractivity contribution in [3.8, 4) is 0 Å². The molecule has 0 spiro atoms. The van der Waals surface area contributed by atoms with E-state index in [1.54, 1.807) is 47.3 Å². The van der Waals surface area contributed by atoms with Crippen LogP contribution in [-0.4, -0.2) is 20.5 Å². The van der Waals surface area contributed by atoms with E-state index in [-0.39, 0.29) is 5.91 Å². The molecule has 100 valence electrons. The maximum absolute atomic E-state index is 12.1. The van der Waals surface area contributed by atoms with Gasteiger partial charge < -0.3 is 5.32 Å². The number of hydrogen-bond acceptors (Lipinski definition) is 3. The van der Waals surface area contributed by atoms with E-state index < -0.39 is 0 Å². The summed E-state index contributed by atoms with van der Waals surface area (Å²) in [5.74, 6) is -0.290. The predicted octanol–water partition coefficient (Wildman–Crippen LogP) is 3.29. The number of halogens is 2. The van der Waals surface area contributed by atoms with Crippen molar-refractivity contribution in [2.75, 3.05) is 5.32 Å². The molecule has 0 atom stereocenters. The molecule has 5 nitrogen and oxygen atoms in total. The molecule has 0 radical (unpaired) electrons. The SMILES string of the molecule is O=C(Nc1ccc2nncn2c1)c1cc(Cl)cc(Cl)c1. The molecule has 3 rings (SSSR count). The van der Waals surface area contributed by atoms with Crippen molar-refractivity contribution in [1.82, 2.24) is 14.6 Å². The highest BCUT2D eigenvalue weighted by Crippen LogP contribution is 2.20. The third-order valence-electron chi connectivity index (χ3n) is 2.67. The van der Waals surface area contributed by atoms with E-state index >= 15 is 0 Å². The number of nitrogens with zero attached hydrogens (tertiary/aromatic N) is 3. The summed E-state index contributed by atoms with van der Waals surface area (Å²) in [5, 5.41) is 11.2. The number of pyridine rings is 1. The second-order valence-corrected chi connectivity index (χ2v) is 5.00. The van der Waals surface area contributed by atoms with Crippen LogP contribution in [0.25, 0.3) is 5.65 Å². The van der Waals surface area contributed by atoms with E-state index in [9.17, 15) is 4.79 Å². The van der Waals surface area contributed by atoms with Crippen LogP contribution in [0.3, 0.4) is 0 Å². The Morgan fingerprint density at radius 1 is 1.15 bits per heavy atom. The van der Waals surface area contributed by atoms with Crippen LogP contribution in [0.1, 0.15) is 10.4 Å². The number of carbonyl (C=O) groups is 1. The topological polar surface area (TPSA) is 59.3 Å². The molecule has 1 aromatic carbocycles. The molecular formula is C13H8Cl2N4O. The molecule has 3 aromatic rings. The first kappa shape index (κ1) is 12.9. The van der Waals surface area contributed by atoms with Crippen molar-refractivity contribution in [2.45, 2.75) is 0 Å². The number of nitrogens with one attached hydrogen (secondary N) is 1. The lowest BCUT2D eigenvalue weighted by Gasteiger charge is -2.06. The van der Waals surface area contributed by atoms with Gasteiger partial charge in [0.1, 0.15) is 6.33 Å². The van der Waals surface area contributed by atoms with Crippen LogP contribution >= 0.6 is 23.2 Å². The quantitative estimate of drug-likeness (QED) is 0.790. The van der Waals surface area contributed by atoms with Gasteiger partial charge in [-0.2, -0.15) is 0 Å². The van der Waals surface area contributed by atoms with Gasteiger partial charge in [-0.05, 0) is 30.3 Å². The maximum Gasteiger partial charge on any atom is 0.255 e. The van der Waals surface area contributed by atoms with Gasteiger partial charge in [0.2, 0.25) is 0 Å². The molecule has 1 N–H and O–H groups in total. The molecule has 2 aromatic heterocycles. The van der Waals surface area contributed by atoms with Gasteiger partial charge in [-0.25, -0.2) is 0 Å². The van der Waals surface area contributed by atoms with Crippen molar-refractivity contribution in [2.24, 2.45) is 0 Å². The Hall–Kier alpha value is -2.11. The molecule has 0 saturated heterocycles. The summed E-state index contributed by atoms with van der Waals surface area (Å²) in [5.41, 5.74) is 1.72. The van der Waals surface area contributed by atoms with Gasteiger partial charge in [-0.1, -0.05) is 23.2 Å². The minimum Gasteiger partial charge on any atom is -0.321 e. The Morgan fingerprint density at radius 3 is 2.65 bits per heavy atom. The normalized spacial score (nSPS) is 10.7. The largest absolute Gasteiger partial charge is 0.321 e. The Kier molecular flexibility index (Phi) is 3.30. The molecule has 0 bridgehead atoms. The molecule has 0 aliphatic heterocycles. The highest BCUT2D eigenvalue weighted by atomic mass is 35.5. The smallest absolute Gasteiger partial charge is 0.255 e. The number of carbonyl (C=O) groups excluding carboxylic acids is 1. The van der Waals surface area contributed by atoms with E-state index in [0.717, 1.165) is 0 Å². The van der Waals surface area contributed by atoms with Crippen LogP contribution < -0.4 is 5.32 Å². The highest BCUT2D eigenvalue weighted by Gasteiger charge is 2.09. The average Bonchev–Trinajstić information content (AvgIpc) is 2.85. The van der Waals surface area contributed by atoms with Crippen molar-refractivity contribution in [3.05, 3.63) is 58.5 Å². The molecule has 0 aliphatic carbocycles. The molecule has 0 saturated carbocycles. The second-order valence-electron chi connectivity index (χ2n) is 4.13. The Morgan fingerprint density at radius 2 is 1.90 bits per heavy atom. The standard InChI is InChI=1S/C13H8Cl2N4O/c14-9-3-8(4-10(15)5-9)13(20)17-11-1-2-12-18-16-7-19(12)6-11/h1-7H,(H,17,20). The fourth-order valence-corrected chi connectivity index (χ4v) is 2.32. The van der Waals surface area contributed by atoms with Crippen molar-refractivity contribution in [1.29, 1.82) is 0 Å². The lowest BCUT2D eigenvalue weighted by molar-refractivity contribution is 0.102. The third kappa shape index (κ3) is 2.59. The first-order valence-corrected chi connectivity index (χ1v) is 6.44. The number of rotatable bonds is 2. The monoisotopic (exact) mass is 306 g/mol. The van der Waals surface area contributed by atoms with Gasteiger partial charge in [0.05, 0.1) is 5.69 Å². The maximum atomic E-state index is 12.1. The molecule has 2 heterocycles. The van der Waals surface area contributed by atoms with Crippen LogP contribution in [0.5, 0.6) is 0 Å². The zero-order valence-electron chi connectivity index (χ0n) is 10.0. The highest BCUT2D eigenvalue weighted by molar-refractivity contribution is 6.35. The Labute approximate surface area is 124 Å². The molecular weight excluding hydrogens is 299 g/mol. The van der Waals surface area contributed by atoms with Gasteiger partial charge in [-0.3, -0.25) is 9.20 Å². The van der Waals surface area contributed by atoms with Gasteiger partial charge in [0.15, 0.2) is 5.65 Å². The Balaban J connectivity index is 1.87. The van der Waals surface area contributed by atoms with Gasteiger partial charge >= 0.3 is 0 Å². The van der Waals surface area contributed by atoms with Crippen LogP contribution in [0, 0.1) is 0 Å². The molecule has 0 unspecified atom stereocenters. The summed E-state index contributed by atoms with van der Waals surface area (Å²) in [6, 6.07) is 8.19.